The molecule has 8 nitrogen and oxygen atoms in total. The average molecular weight is 426 g/mol. The maximum absolute atomic E-state index is 13.0. The van der Waals surface area contributed by atoms with Crippen LogP contribution in [0.15, 0.2) is 59.4 Å². The van der Waals surface area contributed by atoms with Gasteiger partial charge in [0.05, 0.1) is 29.2 Å². The lowest BCUT2D eigenvalue weighted by Gasteiger charge is -2.22. The molecule has 3 N–H and O–H groups in total. The topological polar surface area (TPSA) is 114 Å². The summed E-state index contributed by atoms with van der Waals surface area (Å²) in [5, 5.41) is 2.42. The summed E-state index contributed by atoms with van der Waals surface area (Å²) in [5.74, 6) is -0.804. The quantitative estimate of drug-likeness (QED) is 0.717. The zero-order valence-corrected chi connectivity index (χ0v) is 16.9. The first-order chi connectivity index (χ1) is 15.5. The summed E-state index contributed by atoms with van der Waals surface area (Å²) in [5.41, 5.74) is 10.4. The molecule has 0 spiro atoms. The molecule has 8 heteroatoms. The van der Waals surface area contributed by atoms with Gasteiger partial charge in [0.25, 0.3) is 11.8 Å². The molecule has 32 heavy (non-hydrogen) atoms. The number of hydrogen-bond donors (Lipinski definition) is 2. The molecule has 2 aromatic rings. The molecule has 0 aromatic heterocycles. The highest BCUT2D eigenvalue weighted by Gasteiger charge is 2.41. The van der Waals surface area contributed by atoms with Crippen LogP contribution < -0.4 is 20.7 Å². The number of anilines is 1. The zero-order valence-electron chi connectivity index (χ0n) is 16.9. The Balaban J connectivity index is 1.59. The van der Waals surface area contributed by atoms with E-state index in [0.717, 1.165) is 23.2 Å². The molecule has 1 atom stereocenters. The van der Waals surface area contributed by atoms with Crippen molar-refractivity contribution in [3.63, 3.8) is 0 Å². The molecule has 4 aliphatic heterocycles. The molecule has 0 aliphatic carbocycles. The second kappa shape index (κ2) is 6.65. The number of ether oxygens (including phenoxy) is 1. The van der Waals surface area contributed by atoms with Gasteiger partial charge in [-0.25, -0.2) is 0 Å². The Labute approximate surface area is 183 Å². The number of rotatable bonds is 3. The molecule has 0 saturated carbocycles. The van der Waals surface area contributed by atoms with Gasteiger partial charge in [0.1, 0.15) is 11.8 Å². The van der Waals surface area contributed by atoms with Gasteiger partial charge in [-0.15, -0.1) is 0 Å². The number of aliphatic imine (C=N–C) groups is 1. The van der Waals surface area contributed by atoms with Gasteiger partial charge in [-0.2, -0.15) is 0 Å². The van der Waals surface area contributed by atoms with Gasteiger partial charge in [0, 0.05) is 36.4 Å². The molecule has 4 aliphatic rings. The van der Waals surface area contributed by atoms with Crippen molar-refractivity contribution in [2.45, 2.75) is 18.9 Å². The van der Waals surface area contributed by atoms with Crippen LogP contribution in [0.5, 0.6) is 5.75 Å². The van der Waals surface area contributed by atoms with Crippen molar-refractivity contribution in [3.8, 4) is 5.75 Å². The molecule has 2 aromatic carbocycles. The lowest BCUT2D eigenvalue weighted by atomic mass is 9.91. The fraction of sp³-hybridized carbons (Fsp3) is 0.167. The number of nitrogens with zero attached hydrogens (tertiary/aromatic N) is 2. The van der Waals surface area contributed by atoms with E-state index in [1.54, 1.807) is 17.2 Å². The number of carbonyl (C=O) groups is 3. The number of benzene rings is 2. The van der Waals surface area contributed by atoms with Crippen molar-refractivity contribution in [2.24, 2.45) is 10.7 Å². The Bertz CT molecular complexity index is 1340. The highest BCUT2D eigenvalue weighted by Crippen LogP contribution is 2.42. The van der Waals surface area contributed by atoms with Crippen molar-refractivity contribution in [2.75, 3.05) is 11.5 Å². The maximum atomic E-state index is 13.0. The van der Waals surface area contributed by atoms with Crippen LogP contribution in [0.3, 0.4) is 0 Å². The van der Waals surface area contributed by atoms with Gasteiger partial charge in [-0.05, 0) is 11.1 Å². The normalized spacial score (nSPS) is 20.6. The predicted octanol–water partition coefficient (Wildman–Crippen LogP) is 1.22. The van der Waals surface area contributed by atoms with E-state index in [4.69, 9.17) is 10.5 Å². The van der Waals surface area contributed by atoms with Crippen molar-refractivity contribution >= 4 is 34.7 Å². The predicted molar refractivity (Wildman–Crippen MR) is 117 cm³/mol. The van der Waals surface area contributed by atoms with Crippen LogP contribution in [-0.2, 0) is 27.2 Å². The van der Waals surface area contributed by atoms with Crippen molar-refractivity contribution in [1.29, 1.82) is 0 Å². The molecule has 0 bridgehead atoms. The van der Waals surface area contributed by atoms with Gasteiger partial charge in [0.2, 0.25) is 5.91 Å². The Morgan fingerprint density at radius 2 is 1.81 bits per heavy atom. The van der Waals surface area contributed by atoms with E-state index >= 15 is 0 Å². The van der Waals surface area contributed by atoms with Crippen LogP contribution in [-0.4, -0.2) is 36.1 Å². The van der Waals surface area contributed by atoms with Crippen LogP contribution in [0.25, 0.3) is 5.57 Å². The van der Waals surface area contributed by atoms with E-state index in [0.29, 0.717) is 35.6 Å². The Kier molecular flexibility index (Phi) is 3.86. The van der Waals surface area contributed by atoms with Gasteiger partial charge < -0.3 is 15.4 Å². The summed E-state index contributed by atoms with van der Waals surface area (Å²) in [6.45, 7) is 0.532. The van der Waals surface area contributed by atoms with Crippen molar-refractivity contribution in [3.05, 3.63) is 76.6 Å². The molecule has 0 radical (unpaired) electrons. The number of amides is 3. The van der Waals surface area contributed by atoms with E-state index in [2.05, 4.69) is 10.3 Å². The second-order valence-corrected chi connectivity index (χ2v) is 8.04. The number of nitrogens with one attached hydrogen (secondary N) is 1. The first-order valence-corrected chi connectivity index (χ1v) is 10.3. The molecule has 0 saturated heterocycles. The lowest BCUT2D eigenvalue weighted by Crippen LogP contribution is -2.39. The molecule has 6 rings (SSSR count). The number of fused-ring (bicyclic) bond motifs is 1. The van der Waals surface area contributed by atoms with Crippen LogP contribution in [0.2, 0.25) is 0 Å². The van der Waals surface area contributed by atoms with Gasteiger partial charge in [-0.1, -0.05) is 36.4 Å². The van der Waals surface area contributed by atoms with E-state index in [9.17, 15) is 14.4 Å². The number of primary amides is 1. The molecular formula is C24H18N4O4. The third-order valence-corrected chi connectivity index (χ3v) is 6.29. The minimum Gasteiger partial charge on any atom is -0.492 e. The number of imide groups is 1. The number of hydrogen-bond acceptors (Lipinski definition) is 6. The monoisotopic (exact) mass is 426 g/mol. The summed E-state index contributed by atoms with van der Waals surface area (Å²) in [4.78, 5) is 44.3. The SMILES string of the molecule is NC(=O)C1Cc2cccc3c2N1C=CN=C3C1=C(c2cccc3c2OCC3)C(=O)NC1=O. The van der Waals surface area contributed by atoms with Gasteiger partial charge >= 0.3 is 0 Å². The highest BCUT2D eigenvalue weighted by atomic mass is 16.5. The van der Waals surface area contributed by atoms with Crippen LogP contribution in [0, 0.1) is 0 Å². The standard InChI is InChI=1S/C24H18N4O4/c25-22(29)16-11-13-4-2-6-15-19(26-8-9-28(16)20(13)15)18-17(23(30)27-24(18)31)14-5-1-3-12-7-10-32-21(12)14/h1-6,8-9,16H,7,10-11H2,(H2,25,29)(H,27,30,31). The van der Waals surface area contributed by atoms with Crippen molar-refractivity contribution < 1.29 is 19.1 Å². The second-order valence-electron chi connectivity index (χ2n) is 8.04. The van der Waals surface area contributed by atoms with Crippen LogP contribution in [0.4, 0.5) is 5.69 Å². The molecule has 1 unspecified atom stereocenters. The van der Waals surface area contributed by atoms with Gasteiger partial charge in [0.15, 0.2) is 0 Å². The Hall–Kier alpha value is -4.20. The third kappa shape index (κ3) is 2.49. The fourth-order valence-corrected chi connectivity index (χ4v) is 4.93. The number of nitrogens with two attached hydrogens (primary N) is 1. The van der Waals surface area contributed by atoms with Crippen LogP contribution >= 0.6 is 0 Å². The summed E-state index contributed by atoms with van der Waals surface area (Å²) in [6, 6.07) is 10.7. The largest absolute Gasteiger partial charge is 0.492 e. The smallest absolute Gasteiger partial charge is 0.261 e. The number of carbonyl (C=O) groups excluding carboxylic acids is 3. The minimum absolute atomic E-state index is 0.196. The highest BCUT2D eigenvalue weighted by molar-refractivity contribution is 6.48. The van der Waals surface area contributed by atoms with E-state index in [-0.39, 0.29) is 11.1 Å². The van der Waals surface area contributed by atoms with E-state index < -0.39 is 23.8 Å². The summed E-state index contributed by atoms with van der Waals surface area (Å²) in [7, 11) is 0. The molecule has 3 amide bonds. The minimum atomic E-state index is -0.532. The first-order valence-electron chi connectivity index (χ1n) is 10.3. The van der Waals surface area contributed by atoms with Crippen LogP contribution in [0.1, 0.15) is 22.3 Å². The van der Waals surface area contributed by atoms with E-state index in [1.165, 1.54) is 6.20 Å². The van der Waals surface area contributed by atoms with Crippen molar-refractivity contribution in [1.82, 2.24) is 5.32 Å². The van der Waals surface area contributed by atoms with Gasteiger partial charge in [-0.3, -0.25) is 24.7 Å². The average Bonchev–Trinajstić information content (AvgIpc) is 3.43. The summed E-state index contributed by atoms with van der Waals surface area (Å²) < 4.78 is 5.80. The first kappa shape index (κ1) is 18.6. The lowest BCUT2D eigenvalue weighted by molar-refractivity contribution is -0.123. The third-order valence-electron chi connectivity index (χ3n) is 6.29. The zero-order chi connectivity index (χ0) is 22.0. The maximum Gasteiger partial charge on any atom is 0.261 e. The van der Waals surface area contributed by atoms with E-state index in [1.807, 2.05) is 30.3 Å². The fourth-order valence-electron chi connectivity index (χ4n) is 4.93. The molecular weight excluding hydrogens is 408 g/mol. The Morgan fingerprint density at radius 3 is 2.62 bits per heavy atom. The molecule has 158 valence electrons. The summed E-state index contributed by atoms with van der Waals surface area (Å²) >= 11 is 0. The Morgan fingerprint density at radius 1 is 1.06 bits per heavy atom. The molecule has 0 fully saturated rings. The molecule has 4 heterocycles. The summed E-state index contributed by atoms with van der Waals surface area (Å²) in [6.07, 6.45) is 4.44. The number of para-hydroxylation sites is 2.